The Kier molecular flexibility index (Phi) is 4.64. The van der Waals surface area contributed by atoms with Crippen LogP contribution in [0.2, 0.25) is 0 Å². The summed E-state index contributed by atoms with van der Waals surface area (Å²) >= 11 is 0. The van der Waals surface area contributed by atoms with Gasteiger partial charge in [0.15, 0.2) is 0 Å². The number of aromatic nitrogens is 2. The number of carbonyl (C=O) groups excluding carboxylic acids is 1. The molecule has 1 aromatic heterocycles. The predicted octanol–water partition coefficient (Wildman–Crippen LogP) is 0.967. The molecule has 0 aromatic carbocycles. The summed E-state index contributed by atoms with van der Waals surface area (Å²) in [6, 6.07) is 1.84. The van der Waals surface area contributed by atoms with Gasteiger partial charge in [-0.15, -0.1) is 0 Å². The van der Waals surface area contributed by atoms with Crippen LogP contribution in [-0.4, -0.2) is 39.9 Å². The van der Waals surface area contributed by atoms with E-state index in [9.17, 15) is 4.79 Å². The Morgan fingerprint density at radius 1 is 1.56 bits per heavy atom. The number of nitrogens with zero attached hydrogens (tertiary/aromatic N) is 3. The lowest BCUT2D eigenvalue weighted by molar-refractivity contribution is -0.136. The van der Waals surface area contributed by atoms with Gasteiger partial charge in [-0.25, -0.2) is 9.97 Å². The Hall–Kier alpha value is -1.49. The Bertz CT molecular complexity index is 382. The van der Waals surface area contributed by atoms with Gasteiger partial charge in [0.05, 0.1) is 18.3 Å². The van der Waals surface area contributed by atoms with Crippen LogP contribution in [0.25, 0.3) is 0 Å². The lowest BCUT2D eigenvalue weighted by Crippen LogP contribution is -2.50. The molecule has 0 aliphatic carbocycles. The molecule has 0 bridgehead atoms. The summed E-state index contributed by atoms with van der Waals surface area (Å²) in [4.78, 5) is 22.2. The van der Waals surface area contributed by atoms with Crippen LogP contribution in [0.4, 0.5) is 0 Å². The van der Waals surface area contributed by atoms with Crippen LogP contribution in [0.3, 0.4) is 0 Å². The molecule has 0 saturated carbocycles. The summed E-state index contributed by atoms with van der Waals surface area (Å²) in [6.07, 6.45) is 6.28. The zero-order valence-corrected chi connectivity index (χ0v) is 10.8. The van der Waals surface area contributed by atoms with Crippen molar-refractivity contribution in [1.82, 2.24) is 20.2 Å². The van der Waals surface area contributed by atoms with Crippen molar-refractivity contribution in [3.63, 3.8) is 0 Å². The first-order valence-electron chi connectivity index (χ1n) is 6.58. The number of likely N-dealkylation sites (tertiary alicyclic amines) is 1. The summed E-state index contributed by atoms with van der Waals surface area (Å²) in [6.45, 7) is 4.43. The van der Waals surface area contributed by atoms with Crippen molar-refractivity contribution in [2.75, 3.05) is 13.1 Å². The smallest absolute Gasteiger partial charge is 0.240 e. The van der Waals surface area contributed by atoms with E-state index in [0.717, 1.165) is 38.0 Å². The van der Waals surface area contributed by atoms with Gasteiger partial charge in [0.1, 0.15) is 6.33 Å². The van der Waals surface area contributed by atoms with Gasteiger partial charge in [-0.2, -0.15) is 0 Å². The molecule has 2 heterocycles. The number of nitrogens with one attached hydrogen (secondary N) is 1. The van der Waals surface area contributed by atoms with Gasteiger partial charge < -0.3 is 10.2 Å². The molecule has 0 spiro atoms. The van der Waals surface area contributed by atoms with E-state index in [1.54, 1.807) is 6.20 Å². The van der Waals surface area contributed by atoms with Crippen LogP contribution in [0.15, 0.2) is 18.6 Å². The van der Waals surface area contributed by atoms with Crippen molar-refractivity contribution >= 4 is 5.91 Å². The first-order chi connectivity index (χ1) is 8.81. The zero-order valence-electron chi connectivity index (χ0n) is 10.8. The van der Waals surface area contributed by atoms with Crippen molar-refractivity contribution in [3.05, 3.63) is 24.3 Å². The van der Waals surface area contributed by atoms with E-state index in [1.807, 2.05) is 11.0 Å². The Labute approximate surface area is 108 Å². The Balaban J connectivity index is 1.94. The molecule has 1 N–H and O–H groups in total. The molecule has 0 radical (unpaired) electrons. The molecule has 5 nitrogen and oxygen atoms in total. The van der Waals surface area contributed by atoms with Gasteiger partial charge in [0, 0.05) is 12.7 Å². The molecule has 1 saturated heterocycles. The summed E-state index contributed by atoms with van der Waals surface area (Å²) < 4.78 is 0. The fourth-order valence-corrected chi connectivity index (χ4v) is 2.21. The second-order valence-corrected chi connectivity index (χ2v) is 4.61. The molecule has 1 atom stereocenters. The van der Waals surface area contributed by atoms with E-state index in [1.165, 1.54) is 6.33 Å². The van der Waals surface area contributed by atoms with Crippen molar-refractivity contribution in [1.29, 1.82) is 0 Å². The number of carbonyl (C=O) groups is 1. The minimum Gasteiger partial charge on any atom is -0.335 e. The Morgan fingerprint density at radius 2 is 2.44 bits per heavy atom. The number of amides is 1. The van der Waals surface area contributed by atoms with Crippen LogP contribution in [-0.2, 0) is 11.3 Å². The van der Waals surface area contributed by atoms with Crippen molar-refractivity contribution in [2.45, 2.75) is 38.8 Å². The normalized spacial score (nSPS) is 20.2. The highest BCUT2D eigenvalue weighted by Crippen LogP contribution is 2.14. The second kappa shape index (κ2) is 6.44. The zero-order chi connectivity index (χ0) is 12.8. The first kappa shape index (κ1) is 13.0. The molecule has 1 aromatic rings. The third-order valence-corrected chi connectivity index (χ3v) is 3.17. The maximum absolute atomic E-state index is 12.3. The van der Waals surface area contributed by atoms with E-state index in [4.69, 9.17) is 0 Å². The van der Waals surface area contributed by atoms with Crippen LogP contribution in [0, 0.1) is 0 Å². The topological polar surface area (TPSA) is 58.1 Å². The predicted molar refractivity (Wildman–Crippen MR) is 68.8 cm³/mol. The standard InChI is InChI=1S/C13H20N4O/c1-2-6-15-12-4-3-8-17(13(12)18)9-11-5-7-14-10-16-11/h5,7,10,12,15H,2-4,6,8-9H2,1H3. The molecule has 5 heteroatoms. The quantitative estimate of drug-likeness (QED) is 0.843. The van der Waals surface area contributed by atoms with Gasteiger partial charge in [0.2, 0.25) is 5.91 Å². The van der Waals surface area contributed by atoms with Gasteiger partial charge in [-0.1, -0.05) is 6.92 Å². The summed E-state index contributed by atoms with van der Waals surface area (Å²) in [5.74, 6) is 0.202. The summed E-state index contributed by atoms with van der Waals surface area (Å²) in [7, 11) is 0. The third-order valence-electron chi connectivity index (χ3n) is 3.17. The van der Waals surface area contributed by atoms with Crippen LogP contribution in [0.5, 0.6) is 0 Å². The lowest BCUT2D eigenvalue weighted by Gasteiger charge is -2.32. The van der Waals surface area contributed by atoms with Gasteiger partial charge >= 0.3 is 0 Å². The maximum Gasteiger partial charge on any atom is 0.240 e. The fourth-order valence-electron chi connectivity index (χ4n) is 2.21. The van der Waals surface area contributed by atoms with E-state index in [-0.39, 0.29) is 11.9 Å². The van der Waals surface area contributed by atoms with Gasteiger partial charge in [-0.3, -0.25) is 4.79 Å². The highest BCUT2D eigenvalue weighted by molar-refractivity contribution is 5.82. The van der Waals surface area contributed by atoms with Crippen LogP contribution in [0.1, 0.15) is 31.9 Å². The molecule has 1 aliphatic rings. The first-order valence-corrected chi connectivity index (χ1v) is 6.58. The molecule has 1 fully saturated rings. The van der Waals surface area contributed by atoms with E-state index < -0.39 is 0 Å². The third kappa shape index (κ3) is 3.26. The largest absolute Gasteiger partial charge is 0.335 e. The monoisotopic (exact) mass is 248 g/mol. The number of hydrogen-bond donors (Lipinski definition) is 1. The minimum atomic E-state index is -0.0134. The summed E-state index contributed by atoms with van der Waals surface area (Å²) in [5, 5.41) is 3.31. The molecule has 18 heavy (non-hydrogen) atoms. The molecule has 2 rings (SSSR count). The molecule has 1 amide bonds. The van der Waals surface area contributed by atoms with E-state index in [2.05, 4.69) is 22.2 Å². The average molecular weight is 248 g/mol. The van der Waals surface area contributed by atoms with Crippen LogP contribution >= 0.6 is 0 Å². The number of piperidine rings is 1. The summed E-state index contributed by atoms with van der Waals surface area (Å²) in [5.41, 5.74) is 0.898. The second-order valence-electron chi connectivity index (χ2n) is 4.61. The number of rotatable bonds is 5. The van der Waals surface area contributed by atoms with Crippen molar-refractivity contribution in [3.8, 4) is 0 Å². The Morgan fingerprint density at radius 3 is 3.17 bits per heavy atom. The number of hydrogen-bond acceptors (Lipinski definition) is 4. The SMILES string of the molecule is CCCNC1CCCN(Cc2ccncn2)C1=O. The maximum atomic E-state index is 12.3. The van der Waals surface area contributed by atoms with Crippen LogP contribution < -0.4 is 5.32 Å². The molecular weight excluding hydrogens is 228 g/mol. The highest BCUT2D eigenvalue weighted by atomic mass is 16.2. The average Bonchev–Trinajstić information content (AvgIpc) is 2.41. The molecular formula is C13H20N4O. The van der Waals surface area contributed by atoms with Crippen molar-refractivity contribution in [2.24, 2.45) is 0 Å². The van der Waals surface area contributed by atoms with Crippen molar-refractivity contribution < 1.29 is 4.79 Å². The van der Waals surface area contributed by atoms with E-state index >= 15 is 0 Å². The minimum absolute atomic E-state index is 0.0134. The fraction of sp³-hybridized carbons (Fsp3) is 0.615. The molecule has 98 valence electrons. The lowest BCUT2D eigenvalue weighted by atomic mass is 10.0. The molecule has 1 aliphatic heterocycles. The molecule has 1 unspecified atom stereocenters. The van der Waals surface area contributed by atoms with E-state index in [0.29, 0.717) is 6.54 Å². The highest BCUT2D eigenvalue weighted by Gasteiger charge is 2.28. The van der Waals surface area contributed by atoms with Gasteiger partial charge in [0.25, 0.3) is 0 Å². The van der Waals surface area contributed by atoms with Gasteiger partial charge in [-0.05, 0) is 31.9 Å².